The minimum atomic E-state index is -3.98. The number of nitrogens with two attached hydrogens (primary N) is 1. The maximum absolute atomic E-state index is 14.7. The number of nitrogens with zero attached hydrogens (tertiary/aromatic N) is 1. The van der Waals surface area contributed by atoms with Gasteiger partial charge < -0.3 is 20.1 Å². The first-order valence-corrected chi connectivity index (χ1v) is 9.79. The van der Waals surface area contributed by atoms with Crippen LogP contribution in [0.4, 0.5) is 8.78 Å². The minimum absolute atomic E-state index is 0.0648. The van der Waals surface area contributed by atoms with Crippen molar-refractivity contribution in [2.75, 3.05) is 6.61 Å². The number of rotatable bonds is 8. The Balaban J connectivity index is 2.28. The lowest BCUT2D eigenvalue weighted by atomic mass is 9.98. The molecule has 2 amide bonds. The van der Waals surface area contributed by atoms with Gasteiger partial charge in [0.05, 0.1) is 6.61 Å². The highest BCUT2D eigenvalue weighted by molar-refractivity contribution is 6.01. The van der Waals surface area contributed by atoms with E-state index in [2.05, 4.69) is 4.74 Å². The Hall–Kier alpha value is -3.04. The molecule has 170 valence electrons. The van der Waals surface area contributed by atoms with Gasteiger partial charge in [-0.15, -0.1) is 0 Å². The Morgan fingerprint density at radius 2 is 1.87 bits per heavy atom. The molecule has 2 rings (SSSR count). The van der Waals surface area contributed by atoms with E-state index in [0.29, 0.717) is 0 Å². The van der Waals surface area contributed by atoms with Gasteiger partial charge in [-0.3, -0.25) is 14.4 Å². The van der Waals surface area contributed by atoms with Crippen molar-refractivity contribution in [3.05, 3.63) is 34.9 Å². The summed E-state index contributed by atoms with van der Waals surface area (Å²) in [6, 6.07) is 2.38. The van der Waals surface area contributed by atoms with E-state index < -0.39 is 46.9 Å². The van der Waals surface area contributed by atoms with Crippen LogP contribution in [0.3, 0.4) is 0 Å². The fourth-order valence-electron chi connectivity index (χ4n) is 3.33. The number of hydrogen-bond donors (Lipinski definition) is 1. The predicted octanol–water partition coefficient (Wildman–Crippen LogP) is 2.27. The van der Waals surface area contributed by atoms with Crippen LogP contribution in [0.25, 0.3) is 0 Å². The molecule has 31 heavy (non-hydrogen) atoms. The van der Waals surface area contributed by atoms with E-state index in [9.17, 15) is 28.0 Å². The van der Waals surface area contributed by atoms with Crippen LogP contribution >= 0.6 is 0 Å². The molecule has 0 bridgehead atoms. The minimum Gasteiger partial charge on any atom is -0.461 e. The van der Waals surface area contributed by atoms with Gasteiger partial charge >= 0.3 is 17.9 Å². The summed E-state index contributed by atoms with van der Waals surface area (Å²) in [7, 11) is 0. The molecule has 0 aliphatic carbocycles. The molecule has 0 saturated carbocycles. The van der Waals surface area contributed by atoms with Crippen molar-refractivity contribution in [2.45, 2.75) is 64.6 Å². The third-order valence-electron chi connectivity index (χ3n) is 4.61. The number of alkyl halides is 2. The van der Waals surface area contributed by atoms with Gasteiger partial charge in [0.15, 0.2) is 0 Å². The van der Waals surface area contributed by atoms with Crippen LogP contribution in [-0.2, 0) is 36.3 Å². The maximum atomic E-state index is 14.7. The normalized spacial score (nSPS) is 14.8. The monoisotopic (exact) mass is 440 g/mol. The SMILES string of the molecule is CCOC(=O)C(F)(F)c1cccc2c1CN([C@H](CCC(=O)OC(C)(C)C)C(N)=O)C2=O. The Kier molecular flexibility index (Phi) is 7.03. The van der Waals surface area contributed by atoms with Gasteiger partial charge in [0.2, 0.25) is 5.91 Å². The van der Waals surface area contributed by atoms with Crippen LogP contribution in [0, 0.1) is 0 Å². The number of benzene rings is 1. The second-order valence-electron chi connectivity index (χ2n) is 8.10. The molecule has 1 aromatic carbocycles. The number of ether oxygens (including phenoxy) is 2. The zero-order valence-electron chi connectivity index (χ0n) is 17.9. The Labute approximate surface area is 178 Å². The molecule has 0 aromatic heterocycles. The third kappa shape index (κ3) is 5.36. The first-order chi connectivity index (χ1) is 14.3. The van der Waals surface area contributed by atoms with Crippen LogP contribution < -0.4 is 5.73 Å². The summed E-state index contributed by atoms with van der Waals surface area (Å²) >= 11 is 0. The predicted molar refractivity (Wildman–Crippen MR) is 105 cm³/mol. The van der Waals surface area contributed by atoms with Crippen LogP contribution in [0.2, 0.25) is 0 Å². The molecule has 0 spiro atoms. The molecule has 8 nitrogen and oxygen atoms in total. The van der Waals surface area contributed by atoms with Gasteiger partial charge in [0, 0.05) is 24.1 Å². The summed E-state index contributed by atoms with van der Waals surface area (Å²) in [6.45, 7) is 5.86. The van der Waals surface area contributed by atoms with Gasteiger partial charge in [-0.1, -0.05) is 12.1 Å². The van der Waals surface area contributed by atoms with Crippen LogP contribution in [0.15, 0.2) is 18.2 Å². The zero-order valence-corrected chi connectivity index (χ0v) is 17.9. The number of fused-ring (bicyclic) bond motifs is 1. The van der Waals surface area contributed by atoms with Gasteiger partial charge in [-0.2, -0.15) is 8.78 Å². The molecule has 1 atom stereocenters. The lowest BCUT2D eigenvalue weighted by Crippen LogP contribution is -2.45. The second-order valence-corrected chi connectivity index (χ2v) is 8.10. The number of esters is 2. The van der Waals surface area contributed by atoms with Gasteiger partial charge in [0.1, 0.15) is 11.6 Å². The Bertz CT molecular complexity index is 894. The smallest absolute Gasteiger partial charge is 0.381 e. The number of carbonyl (C=O) groups excluding carboxylic acids is 4. The van der Waals surface area contributed by atoms with E-state index in [1.807, 2.05) is 0 Å². The van der Waals surface area contributed by atoms with Gasteiger partial charge in [-0.05, 0) is 45.7 Å². The fraction of sp³-hybridized carbons (Fsp3) is 0.524. The largest absolute Gasteiger partial charge is 0.461 e. The number of primary amides is 1. The van der Waals surface area contributed by atoms with E-state index in [0.717, 1.165) is 11.0 Å². The average Bonchev–Trinajstić information content (AvgIpc) is 2.97. The molecule has 0 unspecified atom stereocenters. The van der Waals surface area contributed by atoms with E-state index in [1.54, 1.807) is 20.8 Å². The highest BCUT2D eigenvalue weighted by atomic mass is 19.3. The highest BCUT2D eigenvalue weighted by Crippen LogP contribution is 2.38. The van der Waals surface area contributed by atoms with Crippen molar-refractivity contribution in [1.29, 1.82) is 0 Å². The highest BCUT2D eigenvalue weighted by Gasteiger charge is 2.47. The molecule has 1 aliphatic heterocycles. The van der Waals surface area contributed by atoms with Crippen molar-refractivity contribution in [2.24, 2.45) is 5.73 Å². The van der Waals surface area contributed by atoms with Crippen molar-refractivity contribution in [3.8, 4) is 0 Å². The second kappa shape index (κ2) is 8.99. The summed E-state index contributed by atoms with van der Waals surface area (Å²) in [5, 5.41) is 0. The van der Waals surface area contributed by atoms with E-state index in [4.69, 9.17) is 10.5 Å². The first-order valence-electron chi connectivity index (χ1n) is 9.79. The van der Waals surface area contributed by atoms with Crippen molar-refractivity contribution in [3.63, 3.8) is 0 Å². The lowest BCUT2D eigenvalue weighted by molar-refractivity contribution is -0.173. The van der Waals surface area contributed by atoms with Crippen LogP contribution in [0.5, 0.6) is 0 Å². The molecule has 10 heteroatoms. The number of halogens is 2. The van der Waals surface area contributed by atoms with Crippen molar-refractivity contribution in [1.82, 2.24) is 4.90 Å². The Morgan fingerprint density at radius 3 is 2.42 bits per heavy atom. The zero-order chi connectivity index (χ0) is 23.6. The average molecular weight is 440 g/mol. The fourth-order valence-corrected chi connectivity index (χ4v) is 3.33. The Morgan fingerprint density at radius 1 is 1.23 bits per heavy atom. The molecule has 0 radical (unpaired) electrons. The molecular formula is C21H26F2N2O6. The molecule has 1 heterocycles. The lowest BCUT2D eigenvalue weighted by Gasteiger charge is -2.26. The van der Waals surface area contributed by atoms with Crippen LogP contribution in [0.1, 0.15) is 62.0 Å². The van der Waals surface area contributed by atoms with Gasteiger partial charge in [-0.25, -0.2) is 4.79 Å². The van der Waals surface area contributed by atoms with Gasteiger partial charge in [0.25, 0.3) is 5.91 Å². The molecule has 1 aromatic rings. The number of hydrogen-bond acceptors (Lipinski definition) is 6. The van der Waals surface area contributed by atoms with Crippen molar-refractivity contribution < 1.29 is 37.4 Å². The summed E-state index contributed by atoms with van der Waals surface area (Å²) in [6.07, 6.45) is -0.329. The van der Waals surface area contributed by atoms with Crippen LogP contribution in [-0.4, -0.2) is 46.9 Å². The quantitative estimate of drug-likeness (QED) is 0.620. The summed E-state index contributed by atoms with van der Waals surface area (Å²) in [5.74, 6) is -7.87. The molecule has 1 aliphatic rings. The molecule has 2 N–H and O–H groups in total. The molecule has 0 saturated heterocycles. The topological polar surface area (TPSA) is 116 Å². The van der Waals surface area contributed by atoms with E-state index in [1.165, 1.54) is 19.1 Å². The number of carbonyl (C=O) groups is 4. The maximum Gasteiger partial charge on any atom is 0.381 e. The first kappa shape index (κ1) is 24.2. The molecule has 0 fully saturated rings. The summed E-state index contributed by atoms with van der Waals surface area (Å²) in [4.78, 5) is 49.6. The molecular weight excluding hydrogens is 414 g/mol. The standard InChI is InChI=1S/C21H26F2N2O6/c1-5-30-19(29)21(22,23)14-8-6-7-12-13(14)11-25(18(12)28)15(17(24)27)9-10-16(26)31-20(2,3)4/h6-8,15H,5,9-11H2,1-4H3,(H2,24,27)/t15-/m1/s1. The summed E-state index contributed by atoms with van der Waals surface area (Å²) in [5.41, 5.74) is 3.88. The number of amides is 2. The van der Waals surface area contributed by atoms with E-state index >= 15 is 0 Å². The van der Waals surface area contributed by atoms with E-state index in [-0.39, 0.29) is 37.1 Å². The van der Waals surface area contributed by atoms with Crippen molar-refractivity contribution >= 4 is 23.8 Å². The summed E-state index contributed by atoms with van der Waals surface area (Å²) < 4.78 is 39.0. The third-order valence-corrected chi connectivity index (χ3v) is 4.61.